The lowest BCUT2D eigenvalue weighted by molar-refractivity contribution is -0.163. The molecule has 2 unspecified atom stereocenters. The van der Waals surface area contributed by atoms with Crippen molar-refractivity contribution in [2.24, 2.45) is 17.3 Å². The first-order valence-corrected chi connectivity index (χ1v) is 15.2. The summed E-state index contributed by atoms with van der Waals surface area (Å²) in [5.41, 5.74) is -0.284. The van der Waals surface area contributed by atoms with Crippen molar-refractivity contribution in [3.05, 3.63) is 0 Å². The summed E-state index contributed by atoms with van der Waals surface area (Å²) in [5, 5.41) is 0. The van der Waals surface area contributed by atoms with Crippen LogP contribution < -0.4 is 0 Å². The van der Waals surface area contributed by atoms with Crippen LogP contribution in [-0.4, -0.2) is 12.6 Å². The molecule has 0 saturated carbocycles. The van der Waals surface area contributed by atoms with Gasteiger partial charge in [-0.1, -0.05) is 144 Å². The van der Waals surface area contributed by atoms with E-state index in [9.17, 15) is 4.79 Å². The number of rotatable bonds is 24. The molecule has 0 aliphatic rings. The van der Waals surface area contributed by atoms with Gasteiger partial charge in [0.25, 0.3) is 0 Å². The van der Waals surface area contributed by atoms with Gasteiger partial charge in [-0.25, -0.2) is 0 Å². The van der Waals surface area contributed by atoms with Crippen LogP contribution in [0.5, 0.6) is 0 Å². The van der Waals surface area contributed by atoms with Gasteiger partial charge >= 0.3 is 5.97 Å². The van der Waals surface area contributed by atoms with E-state index in [0.29, 0.717) is 18.4 Å². The molecular formula is C31H62O2. The van der Waals surface area contributed by atoms with Crippen LogP contribution in [0.15, 0.2) is 0 Å². The molecule has 198 valence electrons. The van der Waals surface area contributed by atoms with E-state index < -0.39 is 0 Å². The zero-order valence-electron chi connectivity index (χ0n) is 23.8. The second kappa shape index (κ2) is 22.0. The lowest BCUT2D eigenvalue weighted by atomic mass is 9.64. The fraction of sp³-hybridized carbons (Fsp3) is 0.968. The molecule has 0 radical (unpaired) electrons. The molecular weight excluding hydrogens is 404 g/mol. The van der Waals surface area contributed by atoms with E-state index in [1.165, 1.54) is 96.3 Å². The highest BCUT2D eigenvalue weighted by atomic mass is 16.5. The summed E-state index contributed by atoms with van der Waals surface area (Å²) < 4.78 is 5.94. The van der Waals surface area contributed by atoms with Crippen LogP contribution in [-0.2, 0) is 9.53 Å². The third kappa shape index (κ3) is 14.5. The molecule has 2 nitrogen and oxygen atoms in total. The number of esters is 1. The van der Waals surface area contributed by atoms with Crippen molar-refractivity contribution in [2.75, 3.05) is 6.61 Å². The highest BCUT2D eigenvalue weighted by Gasteiger charge is 2.45. The summed E-state index contributed by atoms with van der Waals surface area (Å²) in [6.07, 6.45) is 25.2. The van der Waals surface area contributed by atoms with Gasteiger partial charge in [0.15, 0.2) is 0 Å². The molecule has 0 aliphatic carbocycles. The van der Waals surface area contributed by atoms with Gasteiger partial charge in [-0.3, -0.25) is 4.79 Å². The summed E-state index contributed by atoms with van der Waals surface area (Å²) in [6.45, 7) is 14.2. The van der Waals surface area contributed by atoms with Gasteiger partial charge in [-0.2, -0.15) is 0 Å². The highest BCUT2D eigenvalue weighted by Crippen LogP contribution is 2.45. The quantitative estimate of drug-likeness (QED) is 0.104. The SMILES string of the molecule is CCCCCCCCCCCCCC(C(C)C)C(CC)(CCCC)C(=O)OCCCCCC. The van der Waals surface area contributed by atoms with E-state index in [-0.39, 0.29) is 11.4 Å². The zero-order valence-corrected chi connectivity index (χ0v) is 23.8. The summed E-state index contributed by atoms with van der Waals surface area (Å²) in [4.78, 5) is 13.5. The van der Waals surface area contributed by atoms with Crippen molar-refractivity contribution in [1.29, 1.82) is 0 Å². The van der Waals surface area contributed by atoms with Crippen molar-refractivity contribution in [3.63, 3.8) is 0 Å². The van der Waals surface area contributed by atoms with Crippen LogP contribution in [0, 0.1) is 17.3 Å². The molecule has 0 N–H and O–H groups in total. The fourth-order valence-corrected chi connectivity index (χ4v) is 5.63. The van der Waals surface area contributed by atoms with Crippen LogP contribution in [0.4, 0.5) is 0 Å². The molecule has 2 atom stereocenters. The largest absolute Gasteiger partial charge is 0.465 e. The Hall–Kier alpha value is -0.530. The van der Waals surface area contributed by atoms with Gasteiger partial charge in [0.1, 0.15) is 0 Å². The lowest BCUT2D eigenvalue weighted by Crippen LogP contribution is -2.42. The predicted molar refractivity (Wildman–Crippen MR) is 147 cm³/mol. The smallest absolute Gasteiger partial charge is 0.312 e. The van der Waals surface area contributed by atoms with Gasteiger partial charge < -0.3 is 4.74 Å². The van der Waals surface area contributed by atoms with Crippen molar-refractivity contribution >= 4 is 5.97 Å². The monoisotopic (exact) mass is 466 g/mol. The van der Waals surface area contributed by atoms with E-state index >= 15 is 0 Å². The Kier molecular flexibility index (Phi) is 21.6. The Labute approximate surface area is 209 Å². The second-order valence-corrected chi connectivity index (χ2v) is 11.0. The average Bonchev–Trinajstić information content (AvgIpc) is 2.81. The summed E-state index contributed by atoms with van der Waals surface area (Å²) >= 11 is 0. The molecule has 0 heterocycles. The van der Waals surface area contributed by atoms with Crippen LogP contribution in [0.1, 0.15) is 170 Å². The van der Waals surface area contributed by atoms with Crippen LogP contribution in [0.2, 0.25) is 0 Å². The maximum Gasteiger partial charge on any atom is 0.312 e. The molecule has 0 amide bonds. The summed E-state index contributed by atoms with van der Waals surface area (Å²) in [5.74, 6) is 1.07. The topological polar surface area (TPSA) is 26.3 Å². The van der Waals surface area contributed by atoms with Crippen LogP contribution in [0.3, 0.4) is 0 Å². The Balaban J connectivity index is 4.63. The van der Waals surface area contributed by atoms with E-state index in [4.69, 9.17) is 4.74 Å². The molecule has 0 saturated heterocycles. The van der Waals surface area contributed by atoms with Crippen LogP contribution >= 0.6 is 0 Å². The molecule has 0 bridgehead atoms. The minimum Gasteiger partial charge on any atom is -0.465 e. The first-order valence-electron chi connectivity index (χ1n) is 15.2. The molecule has 2 heteroatoms. The number of carbonyl (C=O) groups excluding carboxylic acids is 1. The van der Waals surface area contributed by atoms with Gasteiger partial charge in [0, 0.05) is 0 Å². The van der Waals surface area contributed by atoms with E-state index in [0.717, 1.165) is 32.1 Å². The molecule has 33 heavy (non-hydrogen) atoms. The van der Waals surface area contributed by atoms with E-state index in [1.54, 1.807) is 0 Å². The summed E-state index contributed by atoms with van der Waals surface area (Å²) in [7, 11) is 0. The van der Waals surface area contributed by atoms with Crippen molar-refractivity contribution < 1.29 is 9.53 Å². The lowest BCUT2D eigenvalue weighted by Gasteiger charge is -2.41. The van der Waals surface area contributed by atoms with Gasteiger partial charge in [-0.05, 0) is 37.5 Å². The standard InChI is InChI=1S/C31H62O2/c1-7-11-14-16-17-18-19-20-21-22-23-25-29(28(5)6)31(10-4,26-13-9-3)30(32)33-27-24-15-12-8-2/h28-29H,7-27H2,1-6H3. The molecule has 0 aromatic carbocycles. The minimum atomic E-state index is -0.284. The van der Waals surface area contributed by atoms with Gasteiger partial charge in [-0.15, -0.1) is 0 Å². The third-order valence-electron chi connectivity index (χ3n) is 7.88. The molecule has 0 aromatic rings. The third-order valence-corrected chi connectivity index (χ3v) is 7.88. The van der Waals surface area contributed by atoms with Crippen molar-refractivity contribution in [3.8, 4) is 0 Å². The van der Waals surface area contributed by atoms with Gasteiger partial charge in [0.2, 0.25) is 0 Å². The second-order valence-electron chi connectivity index (χ2n) is 11.0. The molecule has 0 aliphatic heterocycles. The van der Waals surface area contributed by atoms with Crippen molar-refractivity contribution in [1.82, 2.24) is 0 Å². The van der Waals surface area contributed by atoms with Crippen molar-refractivity contribution in [2.45, 2.75) is 170 Å². The van der Waals surface area contributed by atoms with E-state index in [1.807, 2.05) is 0 Å². The normalized spacial score (nSPS) is 14.4. The predicted octanol–water partition coefficient (Wildman–Crippen LogP) is 10.7. The molecule has 0 rings (SSSR count). The fourth-order valence-electron chi connectivity index (χ4n) is 5.63. The number of carbonyl (C=O) groups is 1. The van der Waals surface area contributed by atoms with E-state index in [2.05, 4.69) is 41.5 Å². The Morgan fingerprint density at radius 1 is 0.636 bits per heavy atom. The number of hydrogen-bond donors (Lipinski definition) is 0. The molecule has 0 fully saturated rings. The molecule has 0 aromatic heterocycles. The number of hydrogen-bond acceptors (Lipinski definition) is 2. The first-order chi connectivity index (χ1) is 16.0. The minimum absolute atomic E-state index is 0.108. The zero-order chi connectivity index (χ0) is 24.8. The Bertz CT molecular complexity index is 431. The maximum atomic E-state index is 13.5. The maximum absolute atomic E-state index is 13.5. The Morgan fingerprint density at radius 2 is 1.09 bits per heavy atom. The average molecular weight is 467 g/mol. The van der Waals surface area contributed by atoms with Gasteiger partial charge in [0.05, 0.1) is 12.0 Å². The summed E-state index contributed by atoms with van der Waals surface area (Å²) in [6, 6.07) is 0. The molecule has 0 spiro atoms. The first kappa shape index (κ1) is 32.5. The number of ether oxygens (including phenoxy) is 1. The number of unbranched alkanes of at least 4 members (excludes halogenated alkanes) is 14. The highest BCUT2D eigenvalue weighted by molar-refractivity contribution is 5.77. The Morgan fingerprint density at radius 3 is 1.55 bits per heavy atom. The van der Waals surface area contributed by atoms with Crippen LogP contribution in [0.25, 0.3) is 0 Å².